The summed E-state index contributed by atoms with van der Waals surface area (Å²) in [5.41, 5.74) is 2.71. The van der Waals surface area contributed by atoms with Gasteiger partial charge in [-0.25, -0.2) is 13.2 Å². The summed E-state index contributed by atoms with van der Waals surface area (Å²) in [7, 11) is -3.62. The molecule has 2 aromatic carbocycles. The number of sulfonamides is 1. The van der Waals surface area contributed by atoms with E-state index in [1.54, 1.807) is 0 Å². The van der Waals surface area contributed by atoms with Crippen molar-refractivity contribution in [1.82, 2.24) is 4.31 Å². The molecule has 3 rings (SSSR count). The van der Waals surface area contributed by atoms with Crippen molar-refractivity contribution >= 4 is 27.6 Å². The molecule has 8 heteroatoms. The van der Waals surface area contributed by atoms with E-state index >= 15 is 0 Å². The van der Waals surface area contributed by atoms with Crippen molar-refractivity contribution in [2.45, 2.75) is 39.0 Å². The molecular formula is C24H30N2O5S. The van der Waals surface area contributed by atoms with Gasteiger partial charge in [0.1, 0.15) is 0 Å². The molecule has 0 unspecified atom stereocenters. The average Bonchev–Trinajstić information content (AvgIpc) is 2.74. The number of carbonyl (C=O) groups is 2. The number of piperidine rings is 1. The van der Waals surface area contributed by atoms with E-state index in [1.807, 2.05) is 45.9 Å². The van der Waals surface area contributed by atoms with Crippen LogP contribution in [0.1, 0.15) is 41.8 Å². The molecule has 0 aliphatic carbocycles. The number of amides is 1. The van der Waals surface area contributed by atoms with Gasteiger partial charge in [0.05, 0.1) is 10.5 Å². The number of aryl methyl sites for hydroxylation is 2. The maximum Gasteiger partial charge on any atom is 0.338 e. The van der Waals surface area contributed by atoms with Gasteiger partial charge < -0.3 is 10.1 Å². The number of hydrogen-bond donors (Lipinski definition) is 1. The number of nitrogens with zero attached hydrogens (tertiary/aromatic N) is 1. The number of nitrogens with one attached hydrogen (secondary N) is 1. The van der Waals surface area contributed by atoms with E-state index in [-0.39, 0.29) is 10.5 Å². The van der Waals surface area contributed by atoms with E-state index in [9.17, 15) is 18.0 Å². The Balaban J connectivity index is 1.61. The van der Waals surface area contributed by atoms with Crippen molar-refractivity contribution in [1.29, 1.82) is 0 Å². The van der Waals surface area contributed by atoms with Crippen LogP contribution in [0.2, 0.25) is 0 Å². The molecule has 1 amide bonds. The summed E-state index contributed by atoms with van der Waals surface area (Å²) in [4.78, 5) is 24.7. The van der Waals surface area contributed by atoms with Crippen molar-refractivity contribution in [3.05, 3.63) is 59.2 Å². The highest BCUT2D eigenvalue weighted by molar-refractivity contribution is 7.89. The summed E-state index contributed by atoms with van der Waals surface area (Å²) in [6, 6.07) is 11.3. The van der Waals surface area contributed by atoms with Gasteiger partial charge in [0.2, 0.25) is 10.0 Å². The normalized spacial score (nSPS) is 19.4. The monoisotopic (exact) mass is 458 g/mol. The first-order chi connectivity index (χ1) is 15.1. The summed E-state index contributed by atoms with van der Waals surface area (Å²) < 4.78 is 32.5. The van der Waals surface area contributed by atoms with Gasteiger partial charge in [-0.2, -0.15) is 4.31 Å². The van der Waals surface area contributed by atoms with Crippen LogP contribution in [0.5, 0.6) is 0 Å². The molecule has 172 valence electrons. The molecule has 0 spiro atoms. The fourth-order valence-electron chi connectivity index (χ4n) is 4.12. The van der Waals surface area contributed by atoms with Crippen LogP contribution in [-0.4, -0.2) is 44.3 Å². The highest BCUT2D eigenvalue weighted by Crippen LogP contribution is 2.27. The van der Waals surface area contributed by atoms with E-state index < -0.39 is 28.5 Å². The van der Waals surface area contributed by atoms with Crippen LogP contribution in [0, 0.1) is 25.7 Å². The molecular weight excluding hydrogens is 428 g/mol. The lowest BCUT2D eigenvalue weighted by Gasteiger charge is -2.34. The Morgan fingerprint density at radius 3 is 2.12 bits per heavy atom. The molecule has 2 atom stereocenters. The number of anilines is 1. The SMILES string of the molecule is Cc1cccc(C)c1NC(=O)COC(=O)c1ccc(S(=O)(=O)N2C[C@@H](C)C[C@H](C)C2)cc1. The molecule has 7 nitrogen and oxygen atoms in total. The standard InChI is InChI=1S/C24H30N2O5S/c1-16-12-17(2)14-26(13-16)32(29,30)21-10-8-20(9-11-21)24(28)31-15-22(27)25-23-18(3)6-5-7-19(23)4/h5-11,16-17H,12-15H2,1-4H3,(H,25,27)/t16-,17-/m0/s1. The van der Waals surface area contributed by atoms with Gasteiger partial charge >= 0.3 is 5.97 Å². The quantitative estimate of drug-likeness (QED) is 0.666. The van der Waals surface area contributed by atoms with E-state index in [2.05, 4.69) is 5.32 Å². The van der Waals surface area contributed by atoms with Crippen LogP contribution in [0.15, 0.2) is 47.4 Å². The smallest absolute Gasteiger partial charge is 0.338 e. The first-order valence-electron chi connectivity index (χ1n) is 10.7. The molecule has 1 aliphatic heterocycles. The third-order valence-electron chi connectivity index (χ3n) is 5.64. The second-order valence-electron chi connectivity index (χ2n) is 8.68. The summed E-state index contributed by atoms with van der Waals surface area (Å²) >= 11 is 0. The molecule has 0 aromatic heterocycles. The van der Waals surface area contributed by atoms with Crippen LogP contribution < -0.4 is 5.32 Å². The van der Waals surface area contributed by atoms with Crippen molar-refractivity contribution in [3.63, 3.8) is 0 Å². The molecule has 1 fully saturated rings. The van der Waals surface area contributed by atoms with Gasteiger partial charge in [0, 0.05) is 18.8 Å². The molecule has 0 saturated carbocycles. The number of para-hydroxylation sites is 1. The lowest BCUT2D eigenvalue weighted by molar-refractivity contribution is -0.119. The first kappa shape index (κ1) is 23.9. The summed E-state index contributed by atoms with van der Waals surface area (Å²) in [5, 5.41) is 2.76. The van der Waals surface area contributed by atoms with E-state index in [1.165, 1.54) is 28.6 Å². The van der Waals surface area contributed by atoms with Crippen LogP contribution in [0.3, 0.4) is 0 Å². The van der Waals surface area contributed by atoms with E-state index in [0.717, 1.165) is 17.5 Å². The van der Waals surface area contributed by atoms with Gasteiger partial charge in [-0.15, -0.1) is 0 Å². The molecule has 1 N–H and O–H groups in total. The Kier molecular flexibility index (Phi) is 7.36. The second-order valence-corrected chi connectivity index (χ2v) is 10.6. The number of esters is 1. The summed E-state index contributed by atoms with van der Waals surface area (Å²) in [6.07, 6.45) is 1.01. The van der Waals surface area contributed by atoms with Gasteiger partial charge in [-0.3, -0.25) is 4.79 Å². The number of hydrogen-bond acceptors (Lipinski definition) is 5. The predicted octanol–water partition coefficient (Wildman–Crippen LogP) is 3.77. The van der Waals surface area contributed by atoms with Gasteiger partial charge in [0.25, 0.3) is 5.91 Å². The molecule has 32 heavy (non-hydrogen) atoms. The first-order valence-corrected chi connectivity index (χ1v) is 12.2. The van der Waals surface area contributed by atoms with Gasteiger partial charge in [-0.05, 0) is 67.5 Å². The Bertz CT molecular complexity index is 1070. The topological polar surface area (TPSA) is 92.8 Å². The van der Waals surface area contributed by atoms with E-state index in [0.29, 0.717) is 30.6 Å². The van der Waals surface area contributed by atoms with Crippen LogP contribution >= 0.6 is 0 Å². The minimum absolute atomic E-state index is 0.142. The zero-order chi connectivity index (χ0) is 23.5. The Hall–Kier alpha value is -2.71. The van der Waals surface area contributed by atoms with Crippen molar-refractivity contribution < 1.29 is 22.7 Å². The summed E-state index contributed by atoms with van der Waals surface area (Å²) in [6.45, 7) is 8.42. The third-order valence-corrected chi connectivity index (χ3v) is 7.49. The zero-order valence-corrected chi connectivity index (χ0v) is 19.7. The lowest BCUT2D eigenvalue weighted by atomic mass is 9.94. The van der Waals surface area contributed by atoms with E-state index in [4.69, 9.17) is 4.74 Å². The maximum atomic E-state index is 13.0. The molecule has 0 bridgehead atoms. The minimum Gasteiger partial charge on any atom is -0.452 e. The zero-order valence-electron chi connectivity index (χ0n) is 18.9. The minimum atomic E-state index is -3.62. The Morgan fingerprint density at radius 2 is 1.56 bits per heavy atom. The lowest BCUT2D eigenvalue weighted by Crippen LogP contribution is -2.42. The van der Waals surface area contributed by atoms with Crippen molar-refractivity contribution in [3.8, 4) is 0 Å². The highest BCUT2D eigenvalue weighted by atomic mass is 32.2. The molecule has 1 aliphatic rings. The van der Waals surface area contributed by atoms with Gasteiger partial charge in [0.15, 0.2) is 6.61 Å². The second kappa shape index (κ2) is 9.83. The van der Waals surface area contributed by atoms with Gasteiger partial charge in [-0.1, -0.05) is 32.0 Å². The fraction of sp³-hybridized carbons (Fsp3) is 0.417. The molecule has 1 saturated heterocycles. The molecule has 2 aromatic rings. The molecule has 0 radical (unpaired) electrons. The number of carbonyl (C=O) groups excluding carboxylic acids is 2. The van der Waals surface area contributed by atoms with Crippen LogP contribution in [-0.2, 0) is 19.6 Å². The average molecular weight is 459 g/mol. The third kappa shape index (κ3) is 5.55. The predicted molar refractivity (Wildman–Crippen MR) is 123 cm³/mol. The number of ether oxygens (including phenoxy) is 1. The number of benzene rings is 2. The van der Waals surface area contributed by atoms with Crippen LogP contribution in [0.25, 0.3) is 0 Å². The maximum absolute atomic E-state index is 13.0. The summed E-state index contributed by atoms with van der Waals surface area (Å²) in [5.74, 6) is -0.524. The van der Waals surface area contributed by atoms with Crippen molar-refractivity contribution in [2.24, 2.45) is 11.8 Å². The van der Waals surface area contributed by atoms with Crippen LogP contribution in [0.4, 0.5) is 5.69 Å². The largest absolute Gasteiger partial charge is 0.452 e. The Morgan fingerprint density at radius 1 is 1.00 bits per heavy atom. The van der Waals surface area contributed by atoms with Crippen molar-refractivity contribution in [2.75, 3.05) is 25.0 Å². The fourth-order valence-corrected chi connectivity index (χ4v) is 5.80. The molecule has 1 heterocycles. The highest BCUT2D eigenvalue weighted by Gasteiger charge is 2.31. The number of rotatable bonds is 6. The Labute approximate surface area is 189 Å².